The highest BCUT2D eigenvalue weighted by Gasteiger charge is 2.34. The zero-order valence-electron chi connectivity index (χ0n) is 18.3. The van der Waals surface area contributed by atoms with E-state index in [9.17, 15) is 19.7 Å². The summed E-state index contributed by atoms with van der Waals surface area (Å²) in [5, 5.41) is 11.6. The van der Waals surface area contributed by atoms with Gasteiger partial charge in [0, 0.05) is 11.6 Å². The molecule has 0 spiro atoms. The Bertz CT molecular complexity index is 1470. The first kappa shape index (κ1) is 22.3. The van der Waals surface area contributed by atoms with Crippen molar-refractivity contribution in [2.24, 2.45) is 4.99 Å². The highest BCUT2D eigenvalue weighted by Crippen LogP contribution is 2.33. The summed E-state index contributed by atoms with van der Waals surface area (Å²) in [7, 11) is 0. The van der Waals surface area contributed by atoms with Crippen molar-refractivity contribution in [3.63, 3.8) is 0 Å². The number of allylic oxidation sites excluding steroid dienone is 1. The van der Waals surface area contributed by atoms with Crippen LogP contribution in [0.3, 0.4) is 0 Å². The summed E-state index contributed by atoms with van der Waals surface area (Å²) < 4.78 is 7.12. The maximum Gasteiger partial charge on any atom is 0.338 e. The maximum atomic E-state index is 13.5. The first-order chi connectivity index (χ1) is 15.8. The van der Waals surface area contributed by atoms with Gasteiger partial charge in [-0.3, -0.25) is 19.5 Å². The maximum absolute atomic E-state index is 13.5. The number of fused-ring (bicyclic) bond motifs is 1. The molecule has 0 aliphatic carbocycles. The second-order valence-electron chi connectivity index (χ2n) is 7.52. The smallest absolute Gasteiger partial charge is 0.338 e. The SMILES string of the molecule is CCOC(=O)C1=C(C)N=c2s/c(=C/c3ccccc3)c(=O)n2[C@@H]1c1ccc(C)c([N+](=O)[O-])c1. The summed E-state index contributed by atoms with van der Waals surface area (Å²) in [6.45, 7) is 5.15. The lowest BCUT2D eigenvalue weighted by Crippen LogP contribution is -2.40. The van der Waals surface area contributed by atoms with Crippen LogP contribution in [-0.4, -0.2) is 22.1 Å². The van der Waals surface area contributed by atoms with Crippen LogP contribution >= 0.6 is 11.3 Å². The molecule has 1 aliphatic heterocycles. The van der Waals surface area contributed by atoms with Gasteiger partial charge in [-0.25, -0.2) is 9.79 Å². The molecule has 0 unspecified atom stereocenters. The fourth-order valence-corrected chi connectivity index (χ4v) is 4.85. The number of hydrogen-bond donors (Lipinski definition) is 0. The van der Waals surface area contributed by atoms with Crippen LogP contribution < -0.4 is 14.9 Å². The Morgan fingerprint density at radius 3 is 2.64 bits per heavy atom. The van der Waals surface area contributed by atoms with Crippen LogP contribution in [-0.2, 0) is 9.53 Å². The van der Waals surface area contributed by atoms with Crippen molar-refractivity contribution in [3.05, 3.63) is 106 Å². The second-order valence-corrected chi connectivity index (χ2v) is 8.53. The minimum Gasteiger partial charge on any atom is -0.463 e. The van der Waals surface area contributed by atoms with Crippen molar-refractivity contribution < 1.29 is 14.5 Å². The Kier molecular flexibility index (Phi) is 6.06. The van der Waals surface area contributed by atoms with Crippen LogP contribution in [0, 0.1) is 17.0 Å². The van der Waals surface area contributed by atoms with Gasteiger partial charge in [0.15, 0.2) is 4.80 Å². The van der Waals surface area contributed by atoms with Crippen LogP contribution in [0.5, 0.6) is 0 Å². The molecule has 0 bridgehead atoms. The van der Waals surface area contributed by atoms with E-state index in [1.165, 1.54) is 22.0 Å². The predicted octanol–water partition coefficient (Wildman–Crippen LogP) is 3.01. The molecule has 1 aromatic heterocycles. The summed E-state index contributed by atoms with van der Waals surface area (Å²) in [4.78, 5) is 42.4. The lowest BCUT2D eigenvalue weighted by molar-refractivity contribution is -0.385. The predicted molar refractivity (Wildman–Crippen MR) is 125 cm³/mol. The highest BCUT2D eigenvalue weighted by molar-refractivity contribution is 7.07. The molecule has 0 fully saturated rings. The Labute approximate surface area is 192 Å². The third kappa shape index (κ3) is 4.14. The quantitative estimate of drug-likeness (QED) is 0.329. The van der Waals surface area contributed by atoms with Crippen LogP contribution in [0.25, 0.3) is 6.08 Å². The number of carbonyl (C=O) groups is 1. The lowest BCUT2D eigenvalue weighted by Gasteiger charge is -2.24. The molecular formula is C24H21N3O5S. The first-order valence-electron chi connectivity index (χ1n) is 10.3. The zero-order valence-corrected chi connectivity index (χ0v) is 19.1. The molecule has 0 saturated carbocycles. The van der Waals surface area contributed by atoms with Crippen molar-refractivity contribution in [1.82, 2.24) is 4.57 Å². The van der Waals surface area contributed by atoms with Gasteiger partial charge < -0.3 is 4.74 Å². The number of nitro benzene ring substituents is 1. The molecule has 0 saturated heterocycles. The average molecular weight is 464 g/mol. The fraction of sp³-hybridized carbons (Fsp3) is 0.208. The van der Waals surface area contributed by atoms with Gasteiger partial charge in [-0.1, -0.05) is 53.8 Å². The van der Waals surface area contributed by atoms with Gasteiger partial charge in [-0.15, -0.1) is 0 Å². The summed E-state index contributed by atoms with van der Waals surface area (Å²) in [6, 6.07) is 13.2. The first-order valence-corrected chi connectivity index (χ1v) is 11.1. The molecular weight excluding hydrogens is 442 g/mol. The normalized spacial score (nSPS) is 15.7. The summed E-state index contributed by atoms with van der Waals surface area (Å²) in [6.07, 6.45) is 1.77. The number of rotatable bonds is 5. The number of benzene rings is 2. The molecule has 168 valence electrons. The Balaban J connectivity index is 2.00. The van der Waals surface area contributed by atoms with Crippen molar-refractivity contribution >= 4 is 29.1 Å². The summed E-state index contributed by atoms with van der Waals surface area (Å²) in [5.74, 6) is -0.607. The average Bonchev–Trinajstić information content (AvgIpc) is 3.08. The molecule has 4 rings (SSSR count). The van der Waals surface area contributed by atoms with Gasteiger partial charge in [0.05, 0.1) is 33.4 Å². The minimum atomic E-state index is -0.891. The van der Waals surface area contributed by atoms with E-state index in [0.29, 0.717) is 26.2 Å². The molecule has 1 aliphatic rings. The van der Waals surface area contributed by atoms with Crippen LogP contribution in [0.2, 0.25) is 0 Å². The summed E-state index contributed by atoms with van der Waals surface area (Å²) in [5.41, 5.74) is 1.96. The van der Waals surface area contributed by atoms with Crippen molar-refractivity contribution in [2.75, 3.05) is 6.61 Å². The number of aryl methyl sites for hydroxylation is 1. The molecule has 0 amide bonds. The standard InChI is InChI=1S/C24H21N3O5S/c1-4-32-23(29)20-15(3)25-24-26(21(20)17-11-10-14(2)18(13-17)27(30)31)22(28)19(33-24)12-16-8-6-5-7-9-16/h5-13,21H,4H2,1-3H3/b19-12+/t21-/m1/s1. The molecule has 1 atom stereocenters. The van der Waals surface area contributed by atoms with E-state index in [2.05, 4.69) is 4.99 Å². The molecule has 0 N–H and O–H groups in total. The molecule has 33 heavy (non-hydrogen) atoms. The highest BCUT2D eigenvalue weighted by atomic mass is 32.1. The fourth-order valence-electron chi connectivity index (χ4n) is 3.80. The number of nitrogens with zero attached hydrogens (tertiary/aromatic N) is 3. The molecule has 2 aromatic carbocycles. The number of carbonyl (C=O) groups excluding carboxylic acids is 1. The van der Waals surface area contributed by atoms with Gasteiger partial charge in [0.2, 0.25) is 0 Å². The van der Waals surface area contributed by atoms with Crippen molar-refractivity contribution in [1.29, 1.82) is 0 Å². The van der Waals surface area contributed by atoms with E-state index in [0.717, 1.165) is 5.56 Å². The second kappa shape index (κ2) is 8.95. The van der Waals surface area contributed by atoms with E-state index in [-0.39, 0.29) is 23.4 Å². The molecule has 9 heteroatoms. The third-order valence-electron chi connectivity index (χ3n) is 5.36. The van der Waals surface area contributed by atoms with E-state index in [1.54, 1.807) is 39.0 Å². The van der Waals surface area contributed by atoms with Crippen LogP contribution in [0.15, 0.2) is 69.6 Å². The number of esters is 1. The number of ether oxygens (including phenoxy) is 1. The van der Waals surface area contributed by atoms with Gasteiger partial charge in [-0.05, 0) is 38.0 Å². The molecule has 3 aromatic rings. The summed E-state index contributed by atoms with van der Waals surface area (Å²) >= 11 is 1.21. The third-order valence-corrected chi connectivity index (χ3v) is 6.34. The van der Waals surface area contributed by atoms with Crippen LogP contribution in [0.1, 0.15) is 36.6 Å². The molecule has 0 radical (unpaired) electrons. The number of thiazole rings is 1. The minimum absolute atomic E-state index is 0.0863. The largest absolute Gasteiger partial charge is 0.463 e. The van der Waals surface area contributed by atoms with Gasteiger partial charge in [-0.2, -0.15) is 0 Å². The van der Waals surface area contributed by atoms with Crippen molar-refractivity contribution in [3.8, 4) is 0 Å². The number of nitro groups is 1. The van der Waals surface area contributed by atoms with E-state index in [1.807, 2.05) is 30.3 Å². The Morgan fingerprint density at radius 1 is 1.24 bits per heavy atom. The van der Waals surface area contributed by atoms with Gasteiger partial charge in [0.25, 0.3) is 11.2 Å². The topological polar surface area (TPSA) is 104 Å². The molecule has 8 nitrogen and oxygen atoms in total. The van der Waals surface area contributed by atoms with E-state index < -0.39 is 16.9 Å². The van der Waals surface area contributed by atoms with Gasteiger partial charge >= 0.3 is 5.97 Å². The van der Waals surface area contributed by atoms with Crippen LogP contribution in [0.4, 0.5) is 5.69 Å². The van der Waals surface area contributed by atoms with Crippen molar-refractivity contribution in [2.45, 2.75) is 26.8 Å². The number of hydrogen-bond acceptors (Lipinski definition) is 7. The Morgan fingerprint density at radius 2 is 1.97 bits per heavy atom. The Hall–Kier alpha value is -3.85. The van der Waals surface area contributed by atoms with E-state index >= 15 is 0 Å². The van der Waals surface area contributed by atoms with E-state index in [4.69, 9.17) is 4.74 Å². The monoisotopic (exact) mass is 463 g/mol. The lowest BCUT2D eigenvalue weighted by atomic mass is 9.94. The van der Waals surface area contributed by atoms with Gasteiger partial charge in [0.1, 0.15) is 0 Å². The molecule has 2 heterocycles. The number of aromatic nitrogens is 1. The zero-order chi connectivity index (χ0) is 23.7.